The van der Waals surface area contributed by atoms with Gasteiger partial charge in [-0.3, -0.25) is 0 Å². The van der Waals surface area contributed by atoms with Crippen LogP contribution >= 0.6 is 11.5 Å². The number of nitrogen functional groups attached to an aromatic ring is 1. The molecule has 16 heavy (non-hydrogen) atoms. The van der Waals surface area contributed by atoms with Gasteiger partial charge in [0.2, 0.25) is 0 Å². The molecule has 1 saturated heterocycles. The van der Waals surface area contributed by atoms with E-state index in [-0.39, 0.29) is 6.10 Å². The summed E-state index contributed by atoms with van der Waals surface area (Å²) in [6.45, 7) is 4.71. The lowest BCUT2D eigenvalue weighted by Gasteiger charge is -2.22. The minimum atomic E-state index is 0.232. The van der Waals surface area contributed by atoms with E-state index < -0.39 is 0 Å². The molecule has 90 valence electrons. The lowest BCUT2D eigenvalue weighted by Crippen LogP contribution is -2.29. The first-order chi connectivity index (χ1) is 7.72. The lowest BCUT2D eigenvalue weighted by atomic mass is 10.3. The zero-order valence-electron chi connectivity index (χ0n) is 9.60. The summed E-state index contributed by atoms with van der Waals surface area (Å²) in [4.78, 5) is 2.24. The summed E-state index contributed by atoms with van der Waals surface area (Å²) in [6.07, 6.45) is 1.25. The minimum absolute atomic E-state index is 0.232. The van der Waals surface area contributed by atoms with Gasteiger partial charge >= 0.3 is 0 Å². The van der Waals surface area contributed by atoms with Crippen LogP contribution < -0.4 is 15.4 Å². The number of ether oxygens (including phenoxy) is 2. The Kier molecular flexibility index (Phi) is 3.50. The third-order valence-corrected chi connectivity index (χ3v) is 3.51. The van der Waals surface area contributed by atoms with E-state index in [0.717, 1.165) is 31.1 Å². The second-order valence-corrected chi connectivity index (χ2v) is 4.64. The fraction of sp³-hybridized carbons (Fsp3) is 0.700. The molecular formula is C10H17N3O2S. The van der Waals surface area contributed by atoms with Crippen molar-refractivity contribution in [1.82, 2.24) is 4.37 Å². The summed E-state index contributed by atoms with van der Waals surface area (Å²) in [5, 5.41) is 1.01. The fourth-order valence-electron chi connectivity index (χ4n) is 1.86. The van der Waals surface area contributed by atoms with Crippen LogP contribution in [0.2, 0.25) is 0 Å². The summed E-state index contributed by atoms with van der Waals surface area (Å²) in [5.41, 5.74) is 5.75. The van der Waals surface area contributed by atoms with Gasteiger partial charge < -0.3 is 20.1 Å². The second kappa shape index (κ2) is 4.88. The molecule has 0 spiro atoms. The van der Waals surface area contributed by atoms with E-state index in [1.165, 1.54) is 11.5 Å². The van der Waals surface area contributed by atoms with Crippen molar-refractivity contribution >= 4 is 22.4 Å². The molecule has 1 aromatic heterocycles. The molecule has 1 fully saturated rings. The summed E-state index contributed by atoms with van der Waals surface area (Å²) < 4.78 is 15.0. The van der Waals surface area contributed by atoms with E-state index >= 15 is 0 Å². The highest BCUT2D eigenvalue weighted by atomic mass is 32.1. The first kappa shape index (κ1) is 11.5. The number of rotatable bonds is 2. The maximum absolute atomic E-state index is 5.75. The number of anilines is 2. The molecule has 0 saturated carbocycles. The van der Waals surface area contributed by atoms with Crippen molar-refractivity contribution in [3.8, 4) is 5.75 Å². The zero-order chi connectivity index (χ0) is 11.5. The molecule has 0 aliphatic carbocycles. The highest BCUT2D eigenvalue weighted by Crippen LogP contribution is 2.38. The van der Waals surface area contributed by atoms with E-state index in [0.29, 0.717) is 11.6 Å². The summed E-state index contributed by atoms with van der Waals surface area (Å²) >= 11 is 1.39. The van der Waals surface area contributed by atoms with Gasteiger partial charge in [0.25, 0.3) is 0 Å². The molecule has 1 aliphatic heterocycles. The van der Waals surface area contributed by atoms with Crippen LogP contribution in [0.3, 0.4) is 0 Å². The Hall–Kier alpha value is -1.01. The van der Waals surface area contributed by atoms with Crippen LogP contribution in [0.25, 0.3) is 0 Å². The van der Waals surface area contributed by atoms with Crippen molar-refractivity contribution < 1.29 is 9.47 Å². The fourth-order valence-corrected chi connectivity index (χ4v) is 2.68. The van der Waals surface area contributed by atoms with Crippen LogP contribution in [-0.2, 0) is 4.74 Å². The van der Waals surface area contributed by atoms with Crippen molar-refractivity contribution in [3.63, 3.8) is 0 Å². The van der Waals surface area contributed by atoms with E-state index in [2.05, 4.69) is 16.2 Å². The number of hydrogen-bond acceptors (Lipinski definition) is 6. The Labute approximate surface area is 99.3 Å². The molecule has 0 aromatic carbocycles. The highest BCUT2D eigenvalue weighted by molar-refractivity contribution is 7.11. The van der Waals surface area contributed by atoms with E-state index in [1.807, 2.05) is 0 Å². The maximum Gasteiger partial charge on any atom is 0.197 e. The van der Waals surface area contributed by atoms with E-state index in [4.69, 9.17) is 15.2 Å². The number of nitrogens with zero attached hydrogens (tertiary/aromatic N) is 2. The predicted molar refractivity (Wildman–Crippen MR) is 65.3 cm³/mol. The van der Waals surface area contributed by atoms with Gasteiger partial charge in [0.05, 0.1) is 13.2 Å². The van der Waals surface area contributed by atoms with Gasteiger partial charge in [-0.1, -0.05) is 0 Å². The van der Waals surface area contributed by atoms with Crippen LogP contribution in [0.5, 0.6) is 5.75 Å². The average Bonchev–Trinajstić information content (AvgIpc) is 2.49. The van der Waals surface area contributed by atoms with Gasteiger partial charge in [-0.25, -0.2) is 0 Å². The first-order valence-corrected chi connectivity index (χ1v) is 6.15. The Balaban J connectivity index is 2.21. The maximum atomic E-state index is 5.75. The molecule has 2 rings (SSSR count). The third kappa shape index (κ3) is 2.22. The van der Waals surface area contributed by atoms with Crippen LogP contribution in [0.4, 0.5) is 10.8 Å². The van der Waals surface area contributed by atoms with Gasteiger partial charge in [-0.2, -0.15) is 4.37 Å². The quantitative estimate of drug-likeness (QED) is 0.849. The van der Waals surface area contributed by atoms with Crippen molar-refractivity contribution in [1.29, 1.82) is 0 Å². The predicted octanol–water partition coefficient (Wildman–Crippen LogP) is 1.35. The summed E-state index contributed by atoms with van der Waals surface area (Å²) in [6, 6.07) is 0. The smallest absolute Gasteiger partial charge is 0.197 e. The van der Waals surface area contributed by atoms with Crippen molar-refractivity contribution in [3.05, 3.63) is 0 Å². The van der Waals surface area contributed by atoms with Crippen LogP contribution in [0.15, 0.2) is 0 Å². The van der Waals surface area contributed by atoms with Gasteiger partial charge in [0, 0.05) is 19.7 Å². The van der Waals surface area contributed by atoms with Gasteiger partial charge in [-0.05, 0) is 24.9 Å². The van der Waals surface area contributed by atoms with Crippen molar-refractivity contribution in [2.24, 2.45) is 0 Å². The molecule has 0 radical (unpaired) electrons. The zero-order valence-corrected chi connectivity index (χ0v) is 10.4. The highest BCUT2D eigenvalue weighted by Gasteiger charge is 2.22. The third-order valence-electron chi connectivity index (χ3n) is 2.60. The van der Waals surface area contributed by atoms with Gasteiger partial charge in [-0.15, -0.1) is 0 Å². The standard InChI is InChI=1S/C10H17N3O2S/c1-7-6-13(4-3-5-15-7)10-8(14-2)9(11)12-16-10/h7H,3-6H2,1-2H3,(H2,11,12). The molecule has 5 nitrogen and oxygen atoms in total. The number of methoxy groups -OCH3 is 1. The molecule has 2 N–H and O–H groups in total. The Morgan fingerprint density at radius 1 is 1.62 bits per heavy atom. The number of nitrogens with two attached hydrogens (primary N) is 1. The van der Waals surface area contributed by atoms with Crippen LogP contribution in [0, 0.1) is 0 Å². The molecule has 2 heterocycles. The largest absolute Gasteiger partial charge is 0.490 e. The molecular weight excluding hydrogens is 226 g/mol. The minimum Gasteiger partial charge on any atom is -0.490 e. The molecule has 1 atom stereocenters. The Morgan fingerprint density at radius 2 is 2.44 bits per heavy atom. The van der Waals surface area contributed by atoms with Gasteiger partial charge in [0.1, 0.15) is 0 Å². The van der Waals surface area contributed by atoms with Crippen LogP contribution in [0.1, 0.15) is 13.3 Å². The first-order valence-electron chi connectivity index (χ1n) is 5.38. The monoisotopic (exact) mass is 243 g/mol. The Bertz CT molecular complexity index is 356. The molecule has 6 heteroatoms. The van der Waals surface area contributed by atoms with E-state index in [9.17, 15) is 0 Å². The molecule has 0 amide bonds. The van der Waals surface area contributed by atoms with E-state index in [1.54, 1.807) is 7.11 Å². The molecule has 1 aliphatic rings. The topological polar surface area (TPSA) is 60.6 Å². The molecule has 0 bridgehead atoms. The number of hydrogen-bond donors (Lipinski definition) is 1. The Morgan fingerprint density at radius 3 is 3.19 bits per heavy atom. The average molecular weight is 243 g/mol. The van der Waals surface area contributed by atoms with Crippen LogP contribution in [-0.4, -0.2) is 37.3 Å². The van der Waals surface area contributed by atoms with Crippen molar-refractivity contribution in [2.75, 3.05) is 37.4 Å². The van der Waals surface area contributed by atoms with Crippen molar-refractivity contribution in [2.45, 2.75) is 19.4 Å². The van der Waals surface area contributed by atoms with Gasteiger partial charge in [0.15, 0.2) is 16.6 Å². The summed E-state index contributed by atoms with van der Waals surface area (Å²) in [7, 11) is 1.63. The SMILES string of the molecule is COc1c(N)nsc1N1CCCOC(C)C1. The lowest BCUT2D eigenvalue weighted by molar-refractivity contribution is 0.0821. The second-order valence-electron chi connectivity index (χ2n) is 3.89. The molecule has 1 unspecified atom stereocenters. The normalized spacial score (nSPS) is 21.9. The summed E-state index contributed by atoms with van der Waals surface area (Å²) in [5.74, 6) is 1.17. The molecule has 1 aromatic rings. The number of aromatic nitrogens is 1.